The molecule has 1 aliphatic rings. The SMILES string of the molecule is O=C(Nc1ccc2c(OCC3CCCC3)nccc2c1)c1cccc(Cl)n1. The summed E-state index contributed by atoms with van der Waals surface area (Å²) in [7, 11) is 0. The van der Waals surface area contributed by atoms with Gasteiger partial charge in [-0.15, -0.1) is 0 Å². The van der Waals surface area contributed by atoms with Gasteiger partial charge in [0.2, 0.25) is 5.88 Å². The average Bonchev–Trinajstić information content (AvgIpc) is 3.19. The Hall–Kier alpha value is -2.66. The van der Waals surface area contributed by atoms with Crippen LogP contribution in [0.5, 0.6) is 5.88 Å². The molecule has 27 heavy (non-hydrogen) atoms. The second-order valence-corrected chi connectivity index (χ2v) is 7.20. The lowest BCUT2D eigenvalue weighted by molar-refractivity contribution is 0.102. The van der Waals surface area contributed by atoms with E-state index >= 15 is 0 Å². The van der Waals surface area contributed by atoms with E-state index in [1.807, 2.05) is 24.3 Å². The molecule has 1 fully saturated rings. The largest absolute Gasteiger partial charge is 0.477 e. The normalized spacial score (nSPS) is 14.4. The Morgan fingerprint density at radius 1 is 1.19 bits per heavy atom. The highest BCUT2D eigenvalue weighted by Crippen LogP contribution is 2.29. The van der Waals surface area contributed by atoms with Crippen molar-refractivity contribution in [2.45, 2.75) is 25.7 Å². The molecule has 138 valence electrons. The molecule has 5 nitrogen and oxygen atoms in total. The van der Waals surface area contributed by atoms with Gasteiger partial charge in [-0.05, 0) is 60.5 Å². The molecule has 2 heterocycles. The number of carbonyl (C=O) groups is 1. The van der Waals surface area contributed by atoms with Crippen molar-refractivity contribution in [1.82, 2.24) is 9.97 Å². The summed E-state index contributed by atoms with van der Waals surface area (Å²) in [5.74, 6) is 0.975. The predicted octanol–water partition coefficient (Wildman–Crippen LogP) is 5.10. The van der Waals surface area contributed by atoms with Crippen molar-refractivity contribution in [3.8, 4) is 5.88 Å². The summed E-state index contributed by atoms with van der Waals surface area (Å²) in [6.07, 6.45) is 6.79. The Morgan fingerprint density at radius 2 is 2.04 bits per heavy atom. The van der Waals surface area contributed by atoms with E-state index in [0.29, 0.717) is 24.1 Å². The van der Waals surface area contributed by atoms with Crippen LogP contribution in [0.2, 0.25) is 5.15 Å². The first kappa shape index (κ1) is 17.7. The van der Waals surface area contributed by atoms with Gasteiger partial charge in [0.15, 0.2) is 0 Å². The van der Waals surface area contributed by atoms with Crippen molar-refractivity contribution in [3.05, 3.63) is 59.5 Å². The average molecular weight is 382 g/mol. The molecule has 1 amide bonds. The Bertz CT molecular complexity index is 971. The van der Waals surface area contributed by atoms with E-state index < -0.39 is 0 Å². The van der Waals surface area contributed by atoms with Gasteiger partial charge in [0, 0.05) is 17.3 Å². The summed E-state index contributed by atoms with van der Waals surface area (Å²) in [5, 5.41) is 5.04. The van der Waals surface area contributed by atoms with E-state index in [2.05, 4.69) is 15.3 Å². The van der Waals surface area contributed by atoms with Gasteiger partial charge in [-0.25, -0.2) is 9.97 Å². The first-order valence-corrected chi connectivity index (χ1v) is 9.52. The number of ether oxygens (including phenoxy) is 1. The molecule has 3 aromatic rings. The van der Waals surface area contributed by atoms with Gasteiger partial charge in [-0.3, -0.25) is 4.79 Å². The molecular formula is C21H20ClN3O2. The fraction of sp³-hybridized carbons (Fsp3) is 0.286. The van der Waals surface area contributed by atoms with Gasteiger partial charge in [-0.2, -0.15) is 0 Å². The molecule has 0 unspecified atom stereocenters. The van der Waals surface area contributed by atoms with Crippen LogP contribution in [0.25, 0.3) is 10.8 Å². The Kier molecular flexibility index (Phi) is 5.21. The number of nitrogens with one attached hydrogen (secondary N) is 1. The lowest BCUT2D eigenvalue weighted by atomic mass is 10.1. The monoisotopic (exact) mass is 381 g/mol. The van der Waals surface area contributed by atoms with Crippen LogP contribution in [0.1, 0.15) is 36.2 Å². The van der Waals surface area contributed by atoms with E-state index in [1.165, 1.54) is 25.7 Å². The van der Waals surface area contributed by atoms with Crippen LogP contribution in [0, 0.1) is 5.92 Å². The molecule has 6 heteroatoms. The van der Waals surface area contributed by atoms with Crippen LogP contribution in [-0.2, 0) is 0 Å². The zero-order valence-corrected chi connectivity index (χ0v) is 15.6. The highest BCUT2D eigenvalue weighted by atomic mass is 35.5. The number of benzene rings is 1. The first-order chi connectivity index (χ1) is 13.2. The molecule has 1 saturated carbocycles. The molecule has 0 saturated heterocycles. The van der Waals surface area contributed by atoms with E-state index in [-0.39, 0.29) is 16.8 Å². The summed E-state index contributed by atoms with van der Waals surface area (Å²) in [6, 6.07) is 12.5. The van der Waals surface area contributed by atoms with E-state index in [9.17, 15) is 4.79 Å². The maximum atomic E-state index is 12.3. The van der Waals surface area contributed by atoms with E-state index in [1.54, 1.807) is 24.4 Å². The molecule has 1 N–H and O–H groups in total. The minimum atomic E-state index is -0.302. The van der Waals surface area contributed by atoms with Gasteiger partial charge in [0.25, 0.3) is 5.91 Å². The van der Waals surface area contributed by atoms with Crippen molar-refractivity contribution >= 4 is 34.0 Å². The third kappa shape index (κ3) is 4.19. The maximum Gasteiger partial charge on any atom is 0.274 e. The summed E-state index contributed by atoms with van der Waals surface area (Å²) in [6.45, 7) is 0.713. The number of aromatic nitrogens is 2. The number of rotatable bonds is 5. The maximum absolute atomic E-state index is 12.3. The number of amides is 1. The highest BCUT2D eigenvalue weighted by molar-refractivity contribution is 6.29. The van der Waals surface area contributed by atoms with Gasteiger partial charge < -0.3 is 10.1 Å². The molecule has 1 aromatic carbocycles. The summed E-state index contributed by atoms with van der Waals surface area (Å²) in [5.41, 5.74) is 0.958. The Labute approximate surface area is 162 Å². The molecular weight excluding hydrogens is 362 g/mol. The van der Waals surface area contributed by atoms with E-state index in [4.69, 9.17) is 16.3 Å². The van der Waals surface area contributed by atoms with Crippen molar-refractivity contribution in [2.75, 3.05) is 11.9 Å². The molecule has 0 atom stereocenters. The molecule has 0 spiro atoms. The number of carbonyl (C=O) groups excluding carboxylic acids is 1. The number of pyridine rings is 2. The van der Waals surface area contributed by atoms with Crippen LogP contribution in [0.4, 0.5) is 5.69 Å². The number of fused-ring (bicyclic) bond motifs is 1. The molecule has 2 aromatic heterocycles. The van der Waals surface area contributed by atoms with Gasteiger partial charge in [0.05, 0.1) is 6.61 Å². The Morgan fingerprint density at radius 3 is 2.85 bits per heavy atom. The van der Waals surface area contributed by atoms with Crippen molar-refractivity contribution in [2.24, 2.45) is 5.92 Å². The van der Waals surface area contributed by atoms with Crippen LogP contribution < -0.4 is 10.1 Å². The van der Waals surface area contributed by atoms with Gasteiger partial charge >= 0.3 is 0 Å². The van der Waals surface area contributed by atoms with Crippen LogP contribution >= 0.6 is 11.6 Å². The smallest absolute Gasteiger partial charge is 0.274 e. The standard InChI is InChI=1S/C21H20ClN3O2/c22-19-7-3-6-18(25-19)20(26)24-16-8-9-17-15(12-16)10-11-23-21(17)27-13-14-4-1-2-5-14/h3,6-12,14H,1-2,4-5,13H2,(H,24,26). The van der Waals surface area contributed by atoms with Crippen LogP contribution in [0.15, 0.2) is 48.7 Å². The fourth-order valence-electron chi connectivity index (χ4n) is 3.45. The quantitative estimate of drug-likeness (QED) is 0.624. The second-order valence-electron chi connectivity index (χ2n) is 6.81. The number of hydrogen-bond donors (Lipinski definition) is 1. The summed E-state index contributed by atoms with van der Waals surface area (Å²) >= 11 is 5.85. The summed E-state index contributed by atoms with van der Waals surface area (Å²) < 4.78 is 5.98. The van der Waals surface area contributed by atoms with Crippen molar-refractivity contribution in [3.63, 3.8) is 0 Å². The van der Waals surface area contributed by atoms with Gasteiger partial charge in [0.1, 0.15) is 10.8 Å². The third-order valence-corrected chi connectivity index (χ3v) is 5.07. The fourth-order valence-corrected chi connectivity index (χ4v) is 3.61. The third-order valence-electron chi connectivity index (χ3n) is 4.86. The minimum absolute atomic E-state index is 0.276. The lowest BCUT2D eigenvalue weighted by Gasteiger charge is -2.13. The van der Waals surface area contributed by atoms with E-state index in [0.717, 1.165) is 10.8 Å². The topological polar surface area (TPSA) is 64.1 Å². The minimum Gasteiger partial charge on any atom is -0.477 e. The zero-order chi connectivity index (χ0) is 18.6. The molecule has 4 rings (SSSR count). The predicted molar refractivity (Wildman–Crippen MR) is 106 cm³/mol. The number of hydrogen-bond acceptors (Lipinski definition) is 4. The molecule has 0 bridgehead atoms. The molecule has 0 aliphatic heterocycles. The Balaban J connectivity index is 1.51. The number of nitrogens with zero attached hydrogens (tertiary/aromatic N) is 2. The highest BCUT2D eigenvalue weighted by Gasteiger charge is 2.16. The van der Waals surface area contributed by atoms with Crippen LogP contribution in [0.3, 0.4) is 0 Å². The van der Waals surface area contributed by atoms with Crippen molar-refractivity contribution < 1.29 is 9.53 Å². The lowest BCUT2D eigenvalue weighted by Crippen LogP contribution is -2.13. The summed E-state index contributed by atoms with van der Waals surface area (Å²) in [4.78, 5) is 20.8. The second kappa shape index (κ2) is 7.92. The number of anilines is 1. The van der Waals surface area contributed by atoms with Crippen molar-refractivity contribution in [1.29, 1.82) is 0 Å². The molecule has 0 radical (unpaired) electrons. The van der Waals surface area contributed by atoms with Gasteiger partial charge in [-0.1, -0.05) is 30.5 Å². The first-order valence-electron chi connectivity index (χ1n) is 9.14. The zero-order valence-electron chi connectivity index (χ0n) is 14.8. The van der Waals surface area contributed by atoms with Crippen LogP contribution in [-0.4, -0.2) is 22.5 Å². The number of halogens is 1. The molecule has 1 aliphatic carbocycles.